The molecule has 0 amide bonds. The molecule has 150 heavy (non-hydrogen) atoms. The predicted molar refractivity (Wildman–Crippen MR) is 618 cm³/mol. The molecule has 27 rings (SSSR count). The van der Waals surface area contributed by atoms with Crippen molar-refractivity contribution in [2.75, 3.05) is 0 Å². The molecule has 0 aliphatic rings. The number of hydrogen-bond donors (Lipinski definition) is 0. The van der Waals surface area contributed by atoms with E-state index < -0.39 is 0 Å². The highest BCUT2D eigenvalue weighted by Crippen LogP contribution is 2.45. The Balaban J connectivity index is 0.000000116. The zero-order valence-electron chi connectivity index (χ0n) is 81.5. The molecule has 0 saturated heterocycles. The van der Waals surface area contributed by atoms with Crippen LogP contribution < -0.4 is 0 Å². The minimum atomic E-state index is 0.640. The van der Waals surface area contributed by atoms with Crippen LogP contribution in [0.25, 0.3) is 267 Å². The van der Waals surface area contributed by atoms with Gasteiger partial charge >= 0.3 is 0 Å². The summed E-state index contributed by atoms with van der Waals surface area (Å²) in [4.78, 5) is 53.5. The van der Waals surface area contributed by atoms with Crippen molar-refractivity contribution in [3.05, 3.63) is 552 Å². The minimum absolute atomic E-state index is 0.640. The fourth-order valence-corrected chi connectivity index (χ4v) is 19.9. The van der Waals surface area contributed by atoms with E-state index >= 15 is 0 Å². The minimum Gasteiger partial charge on any atom is -0.256 e. The summed E-state index contributed by atoms with van der Waals surface area (Å²) in [6, 6.07) is 186. The van der Waals surface area contributed by atoms with Gasteiger partial charge < -0.3 is 0 Å². The normalized spacial score (nSPS) is 11.2. The van der Waals surface area contributed by atoms with Crippen LogP contribution in [-0.2, 0) is 0 Å². The predicted octanol–water partition coefficient (Wildman–Crippen LogP) is 35.3. The topological polar surface area (TPSA) is 142 Å². The van der Waals surface area contributed by atoms with Gasteiger partial charge in [-0.2, -0.15) is 0 Å². The van der Waals surface area contributed by atoms with Gasteiger partial charge in [0, 0.05) is 102 Å². The Bertz CT molecular complexity index is 9050. The Labute approximate surface area is 868 Å². The maximum absolute atomic E-state index is 5.04. The summed E-state index contributed by atoms with van der Waals surface area (Å²) in [7, 11) is 0. The number of pyridine rings is 3. The number of rotatable bonds is 18. The van der Waals surface area contributed by atoms with E-state index in [0.29, 0.717) is 40.8 Å². The van der Waals surface area contributed by atoms with E-state index in [4.69, 9.17) is 39.9 Å². The van der Waals surface area contributed by atoms with Crippen molar-refractivity contribution < 1.29 is 0 Å². The van der Waals surface area contributed by atoms with Crippen molar-refractivity contribution in [3.63, 3.8) is 0 Å². The van der Waals surface area contributed by atoms with Crippen LogP contribution in [0.5, 0.6) is 0 Å². The highest BCUT2D eigenvalue weighted by molar-refractivity contribution is 6.03. The lowest BCUT2D eigenvalue weighted by molar-refractivity contribution is 1.07. The van der Waals surface area contributed by atoms with Crippen LogP contribution in [0.4, 0.5) is 0 Å². The van der Waals surface area contributed by atoms with E-state index in [1.54, 1.807) is 0 Å². The highest BCUT2D eigenvalue weighted by Gasteiger charge is 2.22. The van der Waals surface area contributed by atoms with Gasteiger partial charge in [-0.1, -0.05) is 467 Å². The van der Waals surface area contributed by atoms with E-state index in [1.165, 1.54) is 71.3 Å². The van der Waals surface area contributed by atoms with Gasteiger partial charge in [0.1, 0.15) is 0 Å². The summed E-state index contributed by atoms with van der Waals surface area (Å²) < 4.78 is 0. The number of hydrogen-bond acceptors (Lipinski definition) is 11. The first-order valence-electron chi connectivity index (χ1n) is 50.3. The third kappa shape index (κ3) is 19.2. The largest absolute Gasteiger partial charge is 0.256 e. The van der Waals surface area contributed by atoms with Crippen LogP contribution in [0.3, 0.4) is 0 Å². The van der Waals surface area contributed by atoms with Crippen LogP contribution in [0, 0.1) is 0 Å². The molecule has 0 saturated carbocycles. The average molecular weight is 1920 g/mol. The van der Waals surface area contributed by atoms with E-state index in [1.807, 2.05) is 201 Å². The van der Waals surface area contributed by atoms with Crippen molar-refractivity contribution in [3.8, 4) is 202 Å². The molecular formula is C139H91N11. The summed E-state index contributed by atoms with van der Waals surface area (Å²) in [5.74, 6) is 4.60. The molecule has 0 N–H and O–H groups in total. The van der Waals surface area contributed by atoms with Crippen LogP contribution in [0.2, 0.25) is 0 Å². The van der Waals surface area contributed by atoms with Crippen LogP contribution in [0.15, 0.2) is 552 Å². The second kappa shape index (κ2) is 41.2. The van der Waals surface area contributed by atoms with Gasteiger partial charge in [-0.05, 0) is 182 Å². The maximum Gasteiger partial charge on any atom is 0.164 e. The van der Waals surface area contributed by atoms with Gasteiger partial charge in [0.25, 0.3) is 0 Å². The van der Waals surface area contributed by atoms with Crippen LogP contribution >= 0.6 is 0 Å². The zero-order chi connectivity index (χ0) is 99.8. The number of aromatic nitrogens is 11. The van der Waals surface area contributed by atoms with Crippen molar-refractivity contribution >= 4 is 65.0 Å². The molecule has 0 fully saturated rings. The van der Waals surface area contributed by atoms with Crippen molar-refractivity contribution in [1.82, 2.24) is 54.8 Å². The SMILES string of the molecule is c1ccc(-c2cc(-c3ccc(-c4cc5ccccc5cc4-c4ccc(-c5cccc6cccnc56)cc4)cc3)nc(-c3ccccc3)n2)cc1.c1ccc(-c2nc(-c3ccccc3)nc(-c3ccc(-c4cc5ccccc5cc4-c4ccc(-c5cccc6cccnc56)cc4)cc3)n2)cc1.c1ccc(-c2nc(-c3ccccc3)nc(-c3ccc(-c4cc5ccccc5cc4-c4ccc(-c5cnc6ccccc6c5)cc4)cc3)n2)cc1. The summed E-state index contributed by atoms with van der Waals surface area (Å²) in [5.41, 5.74) is 34.4. The zero-order valence-corrected chi connectivity index (χ0v) is 81.5. The number of fused-ring (bicyclic) bond motifs is 6. The molecule has 11 nitrogen and oxygen atoms in total. The molecule has 0 aliphatic carbocycles. The highest BCUT2D eigenvalue weighted by atomic mass is 15.0. The van der Waals surface area contributed by atoms with Gasteiger partial charge in [-0.3, -0.25) is 15.0 Å². The van der Waals surface area contributed by atoms with Crippen LogP contribution in [0.1, 0.15) is 0 Å². The Morgan fingerprint density at radius 2 is 0.327 bits per heavy atom. The lowest BCUT2D eigenvalue weighted by Crippen LogP contribution is -2.00. The number of benzene rings is 21. The molecule has 0 aliphatic heterocycles. The van der Waals surface area contributed by atoms with Gasteiger partial charge in [-0.15, -0.1) is 0 Å². The molecule has 702 valence electrons. The summed E-state index contributed by atoms with van der Waals surface area (Å²) in [5, 5.41) is 10.7. The third-order valence-electron chi connectivity index (χ3n) is 27.7. The first kappa shape index (κ1) is 91.0. The molecule has 27 aromatic rings. The molecule has 0 radical (unpaired) electrons. The average Bonchev–Trinajstić information content (AvgIpc) is 0.817. The lowest BCUT2D eigenvalue weighted by Gasteiger charge is -2.15. The summed E-state index contributed by atoms with van der Waals surface area (Å²) in [6.45, 7) is 0. The Kier molecular flexibility index (Phi) is 25.0. The van der Waals surface area contributed by atoms with E-state index in [0.717, 1.165) is 155 Å². The smallest absolute Gasteiger partial charge is 0.164 e. The first-order valence-corrected chi connectivity index (χ1v) is 50.3. The monoisotopic (exact) mass is 1910 g/mol. The van der Waals surface area contributed by atoms with Crippen molar-refractivity contribution in [1.29, 1.82) is 0 Å². The Morgan fingerprint density at radius 3 is 0.627 bits per heavy atom. The molecule has 6 aromatic heterocycles. The second-order valence-electron chi connectivity index (χ2n) is 37.1. The lowest BCUT2D eigenvalue weighted by atomic mass is 9.90. The maximum atomic E-state index is 5.04. The van der Waals surface area contributed by atoms with E-state index in [9.17, 15) is 0 Å². The summed E-state index contributed by atoms with van der Waals surface area (Å²) >= 11 is 0. The first-order chi connectivity index (χ1) is 74.3. The molecule has 21 aromatic carbocycles. The van der Waals surface area contributed by atoms with Gasteiger partial charge in [-0.25, -0.2) is 39.9 Å². The van der Waals surface area contributed by atoms with Gasteiger partial charge in [0.15, 0.2) is 40.8 Å². The fraction of sp³-hybridized carbons (Fsp3) is 0. The number of nitrogens with zero attached hydrogens (tertiary/aromatic N) is 11. The second-order valence-corrected chi connectivity index (χ2v) is 37.1. The van der Waals surface area contributed by atoms with Crippen molar-refractivity contribution in [2.24, 2.45) is 0 Å². The Hall–Kier alpha value is -20.3. The molecule has 0 unspecified atom stereocenters. The standard InChI is InChI=1S/C47H31N3.2C46H30N4/c1-3-11-35(12-4-1)44-31-45(50-47(49-44)38-13-5-2-6-14-38)36-26-24-34(25-27-36)43-30-40-16-8-7-15-39(40)29-42(43)33-22-20-32(21-23-33)41-19-9-17-37-18-10-28-48-46(37)41;1-3-11-35(12-4-1)44-48-45(36-13-5-2-6-14-36)50-46(49-44)37-26-24-33(25-27-37)42-30-39-16-8-7-15-38(39)29-41(42)32-22-20-31(21-23-32)40-19-9-17-34-18-10-28-47-43(34)40;1-3-11-34(12-4-1)44-48-45(35-13-5-2-6-14-35)50-46(49-44)36-25-23-33(24-26-36)42-29-38-16-8-7-15-37(38)28-41(42)32-21-19-31(20-22-32)40-27-39-17-9-10-18-43(39)47-30-40/h1-31H;2*1-30H. The van der Waals surface area contributed by atoms with Gasteiger partial charge in [0.2, 0.25) is 0 Å². The van der Waals surface area contributed by atoms with Crippen LogP contribution in [-0.4, -0.2) is 54.8 Å². The summed E-state index contributed by atoms with van der Waals surface area (Å²) in [6.07, 6.45) is 5.68. The van der Waals surface area contributed by atoms with Crippen molar-refractivity contribution in [2.45, 2.75) is 0 Å². The van der Waals surface area contributed by atoms with Gasteiger partial charge in [0.05, 0.1) is 27.9 Å². The molecule has 6 heterocycles. The van der Waals surface area contributed by atoms with E-state index in [-0.39, 0.29) is 0 Å². The Morgan fingerprint density at radius 1 is 0.113 bits per heavy atom. The number of para-hydroxylation sites is 3. The molecule has 0 atom stereocenters. The molecule has 11 heteroatoms. The molecule has 0 spiro atoms. The molecule has 0 bridgehead atoms. The molecular weight excluding hydrogens is 1820 g/mol. The quantitative estimate of drug-likeness (QED) is 0.0810. The third-order valence-corrected chi connectivity index (χ3v) is 27.7. The fourth-order valence-electron chi connectivity index (χ4n) is 19.9. The van der Waals surface area contributed by atoms with E-state index in [2.05, 4.69) is 367 Å².